The summed E-state index contributed by atoms with van der Waals surface area (Å²) < 4.78 is 5.42. The highest BCUT2D eigenvalue weighted by Gasteiger charge is 2.67. The fourth-order valence-corrected chi connectivity index (χ4v) is 10.2. The van der Waals surface area contributed by atoms with E-state index in [2.05, 4.69) is 40.7 Å². The standard InChI is InChI=1S/C33H49NO4/c1-21(35)16-25-31(7)17-22(20-34)26(36)29(4,5)24(31)10-11-32(25,8)30(6)13-15-33(27(37)38-9)14-12-28(2,3)18-23(33)19-30/h17,23-25H,10-16,18-19H2,1-9H3/t23?,24-,25+,30+,31-,32+,33-/m0/s1. The van der Waals surface area contributed by atoms with E-state index >= 15 is 0 Å². The number of hydrogen-bond donors (Lipinski definition) is 0. The molecule has 0 spiro atoms. The Morgan fingerprint density at radius 2 is 1.63 bits per heavy atom. The van der Waals surface area contributed by atoms with Crippen LogP contribution >= 0.6 is 0 Å². The smallest absolute Gasteiger partial charge is 0.312 e. The second-order valence-electron chi connectivity index (χ2n) is 15.5. The highest BCUT2D eigenvalue weighted by Crippen LogP contribution is 2.72. The molecule has 0 saturated heterocycles. The van der Waals surface area contributed by atoms with Gasteiger partial charge in [-0.3, -0.25) is 9.59 Å². The summed E-state index contributed by atoms with van der Waals surface area (Å²) in [4.78, 5) is 39.4. The number of hydrogen-bond acceptors (Lipinski definition) is 5. The van der Waals surface area contributed by atoms with Gasteiger partial charge in [-0.05, 0) is 97.7 Å². The van der Waals surface area contributed by atoms with E-state index in [1.807, 2.05) is 19.9 Å². The summed E-state index contributed by atoms with van der Waals surface area (Å²) in [5.74, 6) is 0.375. The quantitative estimate of drug-likeness (QED) is 0.363. The zero-order chi connectivity index (χ0) is 28.5. The third kappa shape index (κ3) is 4.03. The van der Waals surface area contributed by atoms with E-state index in [1.54, 1.807) is 6.92 Å². The molecular formula is C33H49NO4. The van der Waals surface area contributed by atoms with Crippen molar-refractivity contribution in [2.24, 2.45) is 50.2 Å². The van der Waals surface area contributed by atoms with Gasteiger partial charge in [0.25, 0.3) is 0 Å². The van der Waals surface area contributed by atoms with Gasteiger partial charge < -0.3 is 9.53 Å². The van der Waals surface area contributed by atoms with Crippen LogP contribution in [0.2, 0.25) is 0 Å². The molecule has 210 valence electrons. The summed E-state index contributed by atoms with van der Waals surface area (Å²) in [7, 11) is 1.53. The first kappa shape index (κ1) is 29.0. The second-order valence-corrected chi connectivity index (χ2v) is 15.5. The van der Waals surface area contributed by atoms with Crippen molar-refractivity contribution in [3.63, 3.8) is 0 Å². The van der Waals surface area contributed by atoms with E-state index in [-0.39, 0.29) is 57.1 Å². The molecule has 0 aromatic rings. The van der Waals surface area contributed by atoms with Gasteiger partial charge in [0.05, 0.1) is 18.1 Å². The van der Waals surface area contributed by atoms with Crippen LogP contribution in [0.15, 0.2) is 11.6 Å². The van der Waals surface area contributed by atoms with E-state index in [0.29, 0.717) is 6.42 Å². The Morgan fingerprint density at radius 1 is 1.00 bits per heavy atom. The number of carbonyl (C=O) groups excluding carboxylic acids is 3. The highest BCUT2D eigenvalue weighted by atomic mass is 16.5. The molecule has 0 amide bonds. The van der Waals surface area contributed by atoms with Crippen molar-refractivity contribution < 1.29 is 19.1 Å². The summed E-state index contributed by atoms with van der Waals surface area (Å²) in [6, 6.07) is 2.20. The van der Waals surface area contributed by atoms with Crippen molar-refractivity contribution >= 4 is 17.5 Å². The van der Waals surface area contributed by atoms with Crippen LogP contribution in [-0.2, 0) is 19.1 Å². The maximum absolute atomic E-state index is 13.3. The number of Topliss-reactive ketones (excluding diaryl/α,β-unsaturated/α-hetero) is 2. The van der Waals surface area contributed by atoms with Crippen LogP contribution in [0.5, 0.6) is 0 Å². The number of ether oxygens (including phenoxy) is 1. The van der Waals surface area contributed by atoms with E-state index < -0.39 is 16.2 Å². The number of ketones is 2. The average Bonchev–Trinajstić information content (AvgIpc) is 2.82. The summed E-state index contributed by atoms with van der Waals surface area (Å²) in [6.45, 7) is 17.3. The number of rotatable bonds is 4. The van der Waals surface area contributed by atoms with Crippen molar-refractivity contribution in [1.29, 1.82) is 5.26 Å². The summed E-state index contributed by atoms with van der Waals surface area (Å²) in [5.41, 5.74) is -1.32. The van der Waals surface area contributed by atoms with Gasteiger partial charge in [-0.2, -0.15) is 5.26 Å². The lowest BCUT2D eigenvalue weighted by Crippen LogP contribution is -2.62. The fraction of sp³-hybridized carbons (Fsp3) is 0.818. The van der Waals surface area contributed by atoms with Gasteiger partial charge in [0, 0.05) is 11.8 Å². The second kappa shape index (κ2) is 9.03. The number of esters is 1. The normalized spacial score (nSPS) is 43.6. The summed E-state index contributed by atoms with van der Waals surface area (Å²) in [6.07, 6.45) is 9.82. The van der Waals surface area contributed by atoms with Gasteiger partial charge in [-0.25, -0.2) is 0 Å². The molecule has 5 nitrogen and oxygen atoms in total. The van der Waals surface area contributed by atoms with E-state index in [4.69, 9.17) is 4.74 Å². The van der Waals surface area contributed by atoms with E-state index in [1.165, 1.54) is 7.11 Å². The van der Waals surface area contributed by atoms with Crippen LogP contribution in [0, 0.1) is 61.6 Å². The molecule has 0 aromatic carbocycles. The molecule has 0 aromatic heterocycles. The Hall–Kier alpha value is -1.96. The molecule has 0 radical (unpaired) electrons. The largest absolute Gasteiger partial charge is 0.469 e. The molecule has 4 rings (SSSR count). The molecule has 4 aliphatic carbocycles. The van der Waals surface area contributed by atoms with E-state index in [9.17, 15) is 19.6 Å². The first-order chi connectivity index (χ1) is 17.4. The third-order valence-electron chi connectivity index (χ3n) is 12.6. The number of allylic oxidation sites excluding steroid dienone is 2. The number of nitrogens with zero attached hydrogens (tertiary/aromatic N) is 1. The molecule has 0 aliphatic heterocycles. The van der Waals surface area contributed by atoms with Crippen molar-refractivity contribution in [3.8, 4) is 6.07 Å². The molecule has 4 aliphatic rings. The number of methoxy groups -OCH3 is 1. The minimum atomic E-state index is -0.647. The predicted octanol–water partition coefficient (Wildman–Crippen LogP) is 7.24. The van der Waals surface area contributed by atoms with Crippen LogP contribution in [0.25, 0.3) is 0 Å². The van der Waals surface area contributed by atoms with Crippen LogP contribution in [-0.4, -0.2) is 24.6 Å². The summed E-state index contributed by atoms with van der Waals surface area (Å²) in [5, 5.41) is 9.93. The molecule has 0 N–H and O–H groups in total. The van der Waals surface area contributed by atoms with Crippen LogP contribution in [0.1, 0.15) is 113 Å². The molecular weight excluding hydrogens is 474 g/mol. The Kier molecular flexibility index (Phi) is 6.90. The topological polar surface area (TPSA) is 84.2 Å². The Labute approximate surface area is 230 Å². The average molecular weight is 524 g/mol. The molecule has 5 heteroatoms. The number of fused-ring (bicyclic) bond motifs is 2. The zero-order valence-corrected chi connectivity index (χ0v) is 25.3. The van der Waals surface area contributed by atoms with E-state index in [0.717, 1.165) is 51.4 Å². The number of nitriles is 1. The van der Waals surface area contributed by atoms with Crippen molar-refractivity contribution in [2.45, 2.75) is 113 Å². The molecule has 7 atom stereocenters. The van der Waals surface area contributed by atoms with Crippen molar-refractivity contribution in [2.75, 3.05) is 7.11 Å². The van der Waals surface area contributed by atoms with Crippen LogP contribution in [0.3, 0.4) is 0 Å². The van der Waals surface area contributed by atoms with Crippen molar-refractivity contribution in [1.82, 2.24) is 0 Å². The molecule has 3 fully saturated rings. The minimum absolute atomic E-state index is 0.00852. The van der Waals surface area contributed by atoms with Gasteiger partial charge in [0.1, 0.15) is 11.9 Å². The first-order valence-electron chi connectivity index (χ1n) is 14.7. The predicted molar refractivity (Wildman–Crippen MR) is 148 cm³/mol. The fourth-order valence-electron chi connectivity index (χ4n) is 10.2. The van der Waals surface area contributed by atoms with Gasteiger partial charge in [0.2, 0.25) is 0 Å². The Morgan fingerprint density at radius 3 is 2.21 bits per heavy atom. The van der Waals surface area contributed by atoms with Crippen LogP contribution < -0.4 is 0 Å². The van der Waals surface area contributed by atoms with Crippen LogP contribution in [0.4, 0.5) is 0 Å². The number of carbonyl (C=O) groups is 3. The van der Waals surface area contributed by atoms with Gasteiger partial charge in [0.15, 0.2) is 5.78 Å². The third-order valence-corrected chi connectivity index (χ3v) is 12.6. The first-order valence-corrected chi connectivity index (χ1v) is 14.7. The maximum Gasteiger partial charge on any atom is 0.312 e. The maximum atomic E-state index is 13.3. The van der Waals surface area contributed by atoms with Gasteiger partial charge in [-0.1, -0.05) is 54.5 Å². The molecule has 0 heterocycles. The molecule has 3 saturated carbocycles. The highest BCUT2D eigenvalue weighted by molar-refractivity contribution is 6.04. The molecule has 38 heavy (non-hydrogen) atoms. The summed E-state index contributed by atoms with van der Waals surface area (Å²) >= 11 is 0. The zero-order valence-electron chi connectivity index (χ0n) is 25.3. The lowest BCUT2D eigenvalue weighted by molar-refractivity contribution is -0.190. The van der Waals surface area contributed by atoms with Gasteiger partial charge in [-0.15, -0.1) is 0 Å². The molecule has 0 bridgehead atoms. The minimum Gasteiger partial charge on any atom is -0.469 e. The SMILES string of the molecule is COC(=O)[C@]12CCC(C)(C)CC1C[C@](C)([C@]1(C)CC[C@H]3C(C)(C)C(=O)C(C#N)=C[C@]3(C)[C@H]1CC(C)=O)CC2. The monoisotopic (exact) mass is 523 g/mol. The lowest BCUT2D eigenvalue weighted by atomic mass is 9.36. The Balaban J connectivity index is 1.82. The Bertz CT molecular complexity index is 1110. The van der Waals surface area contributed by atoms with Gasteiger partial charge >= 0.3 is 5.97 Å². The van der Waals surface area contributed by atoms with Crippen molar-refractivity contribution in [3.05, 3.63) is 11.6 Å². The molecule has 1 unspecified atom stereocenters. The lowest BCUT2D eigenvalue weighted by Gasteiger charge is -2.67.